The molecular weight excluding hydrogens is 218 g/mol. The van der Waals surface area contributed by atoms with Crippen molar-refractivity contribution in [3.05, 3.63) is 29.3 Å². The molecule has 2 rings (SSSR count). The van der Waals surface area contributed by atoms with Gasteiger partial charge in [0.25, 0.3) is 0 Å². The van der Waals surface area contributed by atoms with E-state index in [2.05, 4.69) is 11.4 Å². The van der Waals surface area contributed by atoms with Gasteiger partial charge < -0.3 is 5.32 Å². The van der Waals surface area contributed by atoms with Crippen LogP contribution in [0.4, 0.5) is 0 Å². The second-order valence-electron chi connectivity index (χ2n) is 4.06. The lowest BCUT2D eigenvalue weighted by Crippen LogP contribution is -2.33. The number of fused-ring (bicyclic) bond motifs is 1. The first-order valence-electron chi connectivity index (χ1n) is 5.75. The quantitative estimate of drug-likeness (QED) is 0.813. The van der Waals surface area contributed by atoms with Crippen molar-refractivity contribution in [2.24, 2.45) is 0 Å². The van der Waals surface area contributed by atoms with Crippen LogP contribution in [0.2, 0.25) is 0 Å². The third kappa shape index (κ3) is 2.30. The summed E-state index contributed by atoms with van der Waals surface area (Å²) in [6.07, 6.45) is 1.14. The third-order valence-electron chi connectivity index (χ3n) is 2.88. The van der Waals surface area contributed by atoms with Gasteiger partial charge in [-0.25, -0.2) is 0 Å². The Morgan fingerprint density at radius 3 is 3.12 bits per heavy atom. The summed E-state index contributed by atoms with van der Waals surface area (Å²) in [6.45, 7) is 4.77. The Hall–Kier alpha value is -0.800. The van der Waals surface area contributed by atoms with Crippen molar-refractivity contribution in [3.8, 4) is 0 Å². The second kappa shape index (κ2) is 5.02. The molecule has 0 spiro atoms. The summed E-state index contributed by atoms with van der Waals surface area (Å²) in [7, 11) is 0. The van der Waals surface area contributed by atoms with Crippen molar-refractivity contribution in [3.63, 3.8) is 0 Å². The molecule has 0 saturated carbocycles. The Bertz CT molecular complexity index is 403. The molecule has 0 radical (unpaired) electrons. The number of benzene rings is 1. The molecule has 1 aromatic carbocycles. The fraction of sp³-hybridized carbons (Fsp3) is 0.462. The smallest absolute Gasteiger partial charge is 0.179 e. The third-order valence-corrected chi connectivity index (χ3v) is 3.98. The lowest BCUT2D eigenvalue weighted by Gasteiger charge is -2.11. The number of nitrogens with one attached hydrogen (secondary N) is 1. The lowest BCUT2D eigenvalue weighted by molar-refractivity contribution is 0.0952. The van der Waals surface area contributed by atoms with E-state index in [1.54, 1.807) is 0 Å². The van der Waals surface area contributed by atoms with E-state index in [1.807, 2.05) is 37.7 Å². The predicted molar refractivity (Wildman–Crippen MR) is 68.3 cm³/mol. The first kappa shape index (κ1) is 11.7. The number of carbonyl (C=O) groups excluding carboxylic acids is 1. The van der Waals surface area contributed by atoms with Crippen LogP contribution in [0, 0.1) is 0 Å². The van der Waals surface area contributed by atoms with Gasteiger partial charge in [-0.05, 0) is 31.5 Å². The van der Waals surface area contributed by atoms with Crippen LogP contribution in [-0.4, -0.2) is 24.1 Å². The van der Waals surface area contributed by atoms with E-state index in [1.165, 1.54) is 10.5 Å². The fourth-order valence-corrected chi connectivity index (χ4v) is 3.08. The molecule has 0 amide bonds. The van der Waals surface area contributed by atoms with E-state index in [0.717, 1.165) is 24.3 Å². The van der Waals surface area contributed by atoms with Crippen LogP contribution in [0.5, 0.6) is 0 Å². The zero-order valence-electron chi connectivity index (χ0n) is 9.75. The highest BCUT2D eigenvalue weighted by molar-refractivity contribution is 7.99. The molecule has 0 saturated heterocycles. The molecule has 3 heteroatoms. The number of hydrogen-bond acceptors (Lipinski definition) is 3. The number of hydrogen-bond donors (Lipinski definition) is 1. The molecule has 16 heavy (non-hydrogen) atoms. The number of aryl methyl sites for hydroxylation is 1. The minimum absolute atomic E-state index is 0.0885. The molecule has 1 N–H and O–H groups in total. The Morgan fingerprint density at radius 2 is 2.38 bits per heavy atom. The average Bonchev–Trinajstić information content (AvgIpc) is 2.75. The molecule has 0 aromatic heterocycles. The maximum atomic E-state index is 12.1. The maximum Gasteiger partial charge on any atom is 0.179 e. The van der Waals surface area contributed by atoms with E-state index in [-0.39, 0.29) is 11.8 Å². The monoisotopic (exact) mass is 235 g/mol. The molecule has 0 aliphatic carbocycles. The average molecular weight is 235 g/mol. The number of Topliss-reactive ketones (excluding diaryl/α,β-unsaturated/α-hetero) is 1. The molecule has 1 unspecified atom stereocenters. The van der Waals surface area contributed by atoms with Crippen LogP contribution in [0.3, 0.4) is 0 Å². The molecule has 1 aromatic rings. The van der Waals surface area contributed by atoms with Gasteiger partial charge in [-0.15, -0.1) is 11.8 Å². The Labute approximate surface area is 101 Å². The van der Waals surface area contributed by atoms with Crippen LogP contribution in [-0.2, 0) is 6.42 Å². The summed E-state index contributed by atoms with van der Waals surface area (Å²) in [6, 6.07) is 6.01. The van der Waals surface area contributed by atoms with Crippen molar-refractivity contribution in [2.45, 2.75) is 31.2 Å². The van der Waals surface area contributed by atoms with Crippen LogP contribution in [0.1, 0.15) is 29.8 Å². The minimum atomic E-state index is -0.0885. The van der Waals surface area contributed by atoms with E-state index < -0.39 is 0 Å². The summed E-state index contributed by atoms with van der Waals surface area (Å²) in [5.41, 5.74) is 2.22. The molecule has 0 fully saturated rings. The van der Waals surface area contributed by atoms with E-state index in [9.17, 15) is 4.79 Å². The normalized spacial score (nSPS) is 15.9. The minimum Gasteiger partial charge on any atom is -0.308 e. The number of thioether (sulfide) groups is 1. The van der Waals surface area contributed by atoms with Crippen molar-refractivity contribution in [2.75, 3.05) is 12.3 Å². The largest absolute Gasteiger partial charge is 0.308 e. The summed E-state index contributed by atoms with van der Waals surface area (Å²) in [5, 5.41) is 3.16. The van der Waals surface area contributed by atoms with Gasteiger partial charge in [-0.3, -0.25) is 4.79 Å². The van der Waals surface area contributed by atoms with Crippen LogP contribution < -0.4 is 5.32 Å². The number of carbonyl (C=O) groups is 1. The van der Waals surface area contributed by atoms with Crippen molar-refractivity contribution >= 4 is 17.5 Å². The SMILES string of the molecule is CCNC(C)C(=O)c1ccc2c(c1)SCC2. The first-order chi connectivity index (χ1) is 7.72. The number of ketones is 1. The van der Waals surface area contributed by atoms with Crippen molar-refractivity contribution in [1.82, 2.24) is 5.32 Å². The highest BCUT2D eigenvalue weighted by Crippen LogP contribution is 2.31. The van der Waals surface area contributed by atoms with Gasteiger partial charge in [-0.1, -0.05) is 19.1 Å². The maximum absolute atomic E-state index is 12.1. The molecule has 1 heterocycles. The Kier molecular flexibility index (Phi) is 3.66. The summed E-state index contributed by atoms with van der Waals surface area (Å²) >= 11 is 1.85. The van der Waals surface area contributed by atoms with Gasteiger partial charge in [-0.2, -0.15) is 0 Å². The van der Waals surface area contributed by atoms with E-state index in [4.69, 9.17) is 0 Å². The topological polar surface area (TPSA) is 29.1 Å². The van der Waals surface area contributed by atoms with Gasteiger partial charge in [0.15, 0.2) is 5.78 Å². The van der Waals surface area contributed by atoms with Gasteiger partial charge in [0, 0.05) is 16.2 Å². The van der Waals surface area contributed by atoms with E-state index in [0.29, 0.717) is 0 Å². The summed E-state index contributed by atoms with van der Waals surface area (Å²) in [4.78, 5) is 13.3. The number of likely N-dealkylation sites (N-methyl/N-ethyl adjacent to an activating group) is 1. The first-order valence-corrected chi connectivity index (χ1v) is 6.74. The van der Waals surface area contributed by atoms with Crippen molar-refractivity contribution < 1.29 is 4.79 Å². The Morgan fingerprint density at radius 1 is 1.56 bits per heavy atom. The van der Waals surface area contributed by atoms with Crippen LogP contribution in [0.25, 0.3) is 0 Å². The molecular formula is C13H17NOS. The highest BCUT2D eigenvalue weighted by Gasteiger charge is 2.17. The predicted octanol–water partition coefficient (Wildman–Crippen LogP) is 2.52. The molecule has 0 bridgehead atoms. The van der Waals surface area contributed by atoms with Crippen molar-refractivity contribution in [1.29, 1.82) is 0 Å². The summed E-state index contributed by atoms with van der Waals surface area (Å²) < 4.78 is 0. The van der Waals surface area contributed by atoms with E-state index >= 15 is 0 Å². The fourth-order valence-electron chi connectivity index (χ4n) is 1.97. The molecule has 1 atom stereocenters. The standard InChI is InChI=1S/C13H17NOS/c1-3-14-9(2)13(15)11-5-4-10-6-7-16-12(10)8-11/h4-5,8-9,14H,3,6-7H2,1-2H3. The molecule has 2 nitrogen and oxygen atoms in total. The zero-order valence-corrected chi connectivity index (χ0v) is 10.6. The highest BCUT2D eigenvalue weighted by atomic mass is 32.2. The van der Waals surface area contributed by atoms with Gasteiger partial charge in [0.1, 0.15) is 0 Å². The summed E-state index contributed by atoms with van der Waals surface area (Å²) in [5.74, 6) is 1.34. The molecule has 1 aliphatic heterocycles. The van der Waals surface area contributed by atoms with Gasteiger partial charge >= 0.3 is 0 Å². The lowest BCUT2D eigenvalue weighted by atomic mass is 10.0. The van der Waals surface area contributed by atoms with Crippen LogP contribution in [0.15, 0.2) is 23.1 Å². The molecule has 1 aliphatic rings. The van der Waals surface area contributed by atoms with Gasteiger partial charge in [0.2, 0.25) is 0 Å². The number of rotatable bonds is 4. The Balaban J connectivity index is 2.18. The zero-order chi connectivity index (χ0) is 11.5. The van der Waals surface area contributed by atoms with Crippen LogP contribution >= 0.6 is 11.8 Å². The second-order valence-corrected chi connectivity index (χ2v) is 5.20. The van der Waals surface area contributed by atoms with Gasteiger partial charge in [0.05, 0.1) is 6.04 Å². The molecule has 86 valence electrons.